The van der Waals surface area contributed by atoms with Gasteiger partial charge in [0.2, 0.25) is 11.8 Å². The average molecular weight is 271 g/mol. The van der Waals surface area contributed by atoms with Crippen LogP contribution in [0, 0.1) is 17.8 Å². The molecule has 0 spiro atoms. The zero-order valence-corrected chi connectivity index (χ0v) is 12.7. The van der Waals surface area contributed by atoms with Crippen LogP contribution in [0.2, 0.25) is 0 Å². The summed E-state index contributed by atoms with van der Waals surface area (Å²) in [7, 11) is 0. The quantitative estimate of drug-likeness (QED) is 0.582. The van der Waals surface area contributed by atoms with Gasteiger partial charge in [0.1, 0.15) is 0 Å². The van der Waals surface area contributed by atoms with E-state index in [2.05, 4.69) is 24.5 Å². The van der Waals surface area contributed by atoms with Crippen molar-refractivity contribution in [3.05, 3.63) is 0 Å². The third-order valence-electron chi connectivity index (χ3n) is 2.77. The lowest BCUT2D eigenvalue weighted by atomic mass is 9.94. The van der Waals surface area contributed by atoms with Crippen molar-refractivity contribution in [3.63, 3.8) is 0 Å². The lowest BCUT2D eigenvalue weighted by Gasteiger charge is -2.16. The highest BCUT2D eigenvalue weighted by atomic mass is 16.2. The molecule has 0 saturated heterocycles. The maximum atomic E-state index is 11.7. The molecule has 0 heterocycles. The molecule has 0 fully saturated rings. The van der Waals surface area contributed by atoms with Crippen LogP contribution in [0.25, 0.3) is 0 Å². The lowest BCUT2D eigenvalue weighted by molar-refractivity contribution is -0.126. The second-order valence-electron chi connectivity index (χ2n) is 5.91. The molecule has 2 amide bonds. The Morgan fingerprint density at radius 2 is 1.63 bits per heavy atom. The number of amides is 2. The van der Waals surface area contributed by atoms with Crippen molar-refractivity contribution in [2.45, 2.75) is 40.5 Å². The van der Waals surface area contributed by atoms with E-state index < -0.39 is 0 Å². The second-order valence-corrected chi connectivity index (χ2v) is 5.91. The maximum Gasteiger partial charge on any atom is 0.239 e. The van der Waals surface area contributed by atoms with Gasteiger partial charge in [-0.25, -0.2) is 0 Å². The van der Waals surface area contributed by atoms with E-state index in [1.807, 2.05) is 13.8 Å². The predicted octanol–water partition coefficient (Wildman–Crippen LogP) is 0.886. The summed E-state index contributed by atoms with van der Waals surface area (Å²) in [5, 5.41) is 5.40. The summed E-state index contributed by atoms with van der Waals surface area (Å²) in [6.45, 7) is 9.45. The molecule has 0 radical (unpaired) electrons. The number of rotatable bonds is 9. The normalized spacial score (nSPS) is 12.6. The molecule has 0 aliphatic heterocycles. The molecule has 0 aliphatic carbocycles. The van der Waals surface area contributed by atoms with Gasteiger partial charge in [-0.05, 0) is 30.7 Å². The Balaban J connectivity index is 3.87. The smallest absolute Gasteiger partial charge is 0.239 e. The van der Waals surface area contributed by atoms with Crippen LogP contribution >= 0.6 is 0 Å². The van der Waals surface area contributed by atoms with Crippen LogP contribution in [0.3, 0.4) is 0 Å². The fourth-order valence-electron chi connectivity index (χ4n) is 1.82. The highest BCUT2D eigenvalue weighted by Gasteiger charge is 2.14. The monoisotopic (exact) mass is 271 g/mol. The van der Waals surface area contributed by atoms with Crippen molar-refractivity contribution >= 4 is 11.8 Å². The topological polar surface area (TPSA) is 84.2 Å². The third-order valence-corrected chi connectivity index (χ3v) is 2.77. The molecule has 1 unspecified atom stereocenters. The highest BCUT2D eigenvalue weighted by molar-refractivity contribution is 5.84. The van der Waals surface area contributed by atoms with E-state index in [0.717, 1.165) is 6.42 Å². The second kappa shape index (κ2) is 9.78. The summed E-state index contributed by atoms with van der Waals surface area (Å²) >= 11 is 0. The molecule has 0 saturated carbocycles. The van der Waals surface area contributed by atoms with Crippen molar-refractivity contribution in [2.24, 2.45) is 23.5 Å². The van der Waals surface area contributed by atoms with Crippen molar-refractivity contribution in [2.75, 3.05) is 19.6 Å². The van der Waals surface area contributed by atoms with Crippen molar-refractivity contribution in [1.82, 2.24) is 10.6 Å². The summed E-state index contributed by atoms with van der Waals surface area (Å²) in [6, 6.07) is 0. The molecule has 0 aromatic rings. The summed E-state index contributed by atoms with van der Waals surface area (Å²) in [5.41, 5.74) is 5.65. The van der Waals surface area contributed by atoms with Crippen LogP contribution < -0.4 is 16.4 Å². The van der Waals surface area contributed by atoms with Gasteiger partial charge in [0.15, 0.2) is 0 Å². The van der Waals surface area contributed by atoms with Crippen molar-refractivity contribution in [3.8, 4) is 0 Å². The van der Waals surface area contributed by atoms with Crippen molar-refractivity contribution in [1.29, 1.82) is 0 Å². The molecule has 19 heavy (non-hydrogen) atoms. The van der Waals surface area contributed by atoms with E-state index in [-0.39, 0.29) is 24.3 Å². The van der Waals surface area contributed by atoms with E-state index in [9.17, 15) is 9.59 Å². The van der Waals surface area contributed by atoms with Gasteiger partial charge in [-0.2, -0.15) is 0 Å². The van der Waals surface area contributed by atoms with E-state index in [4.69, 9.17) is 5.73 Å². The molecule has 0 bridgehead atoms. The van der Waals surface area contributed by atoms with Crippen LogP contribution in [0.15, 0.2) is 0 Å². The van der Waals surface area contributed by atoms with Crippen LogP contribution in [0.1, 0.15) is 40.5 Å². The summed E-state index contributed by atoms with van der Waals surface area (Å²) in [5.74, 6) is 0.882. The van der Waals surface area contributed by atoms with Crippen LogP contribution in [0.5, 0.6) is 0 Å². The third kappa shape index (κ3) is 10.5. The molecule has 0 aliphatic rings. The Labute approximate surface area is 116 Å². The first-order valence-corrected chi connectivity index (χ1v) is 7.08. The minimum Gasteiger partial charge on any atom is -0.354 e. The molecule has 0 aromatic carbocycles. The molecule has 4 N–H and O–H groups in total. The SMILES string of the molecule is CC(C)CNC(=O)CNC(=O)CC(CN)CC(C)C. The molecule has 0 aromatic heterocycles. The Bertz CT molecular complexity index is 278. The number of nitrogens with one attached hydrogen (secondary N) is 2. The number of carbonyl (C=O) groups is 2. The van der Waals surface area contributed by atoms with Crippen LogP contribution in [-0.2, 0) is 9.59 Å². The minimum atomic E-state index is -0.143. The van der Waals surface area contributed by atoms with Gasteiger partial charge in [0.25, 0.3) is 0 Å². The molecular weight excluding hydrogens is 242 g/mol. The van der Waals surface area contributed by atoms with Gasteiger partial charge >= 0.3 is 0 Å². The molecular formula is C14H29N3O2. The van der Waals surface area contributed by atoms with Crippen LogP contribution in [0.4, 0.5) is 0 Å². The molecule has 112 valence electrons. The Hall–Kier alpha value is -1.10. The summed E-state index contributed by atoms with van der Waals surface area (Å²) in [6.07, 6.45) is 1.33. The zero-order valence-electron chi connectivity index (χ0n) is 12.7. The standard InChI is InChI=1S/C14H29N3O2/c1-10(2)5-12(7-15)6-13(18)17-9-14(19)16-8-11(3)4/h10-12H,5-9,15H2,1-4H3,(H,16,19)(H,17,18). The van der Waals surface area contributed by atoms with Gasteiger partial charge in [0.05, 0.1) is 6.54 Å². The number of hydrogen-bond acceptors (Lipinski definition) is 3. The molecule has 5 heteroatoms. The molecule has 0 rings (SSSR count). The largest absolute Gasteiger partial charge is 0.354 e. The first-order valence-electron chi connectivity index (χ1n) is 7.08. The predicted molar refractivity (Wildman–Crippen MR) is 77.5 cm³/mol. The minimum absolute atomic E-state index is 0.0462. The number of hydrogen-bond donors (Lipinski definition) is 3. The molecule has 5 nitrogen and oxygen atoms in total. The van der Waals surface area contributed by atoms with Gasteiger partial charge in [-0.1, -0.05) is 27.7 Å². The van der Waals surface area contributed by atoms with Gasteiger partial charge in [0, 0.05) is 13.0 Å². The average Bonchev–Trinajstić information content (AvgIpc) is 2.32. The Morgan fingerprint density at radius 3 is 2.11 bits per heavy atom. The first kappa shape index (κ1) is 17.9. The van der Waals surface area contributed by atoms with E-state index in [1.54, 1.807) is 0 Å². The Kier molecular flexibility index (Phi) is 9.21. The fourth-order valence-corrected chi connectivity index (χ4v) is 1.82. The summed E-state index contributed by atoms with van der Waals surface area (Å²) in [4.78, 5) is 23.1. The molecule has 1 atom stereocenters. The van der Waals surface area contributed by atoms with Crippen molar-refractivity contribution < 1.29 is 9.59 Å². The fraction of sp³-hybridized carbons (Fsp3) is 0.857. The maximum absolute atomic E-state index is 11.7. The van der Waals surface area contributed by atoms with E-state index in [0.29, 0.717) is 31.3 Å². The van der Waals surface area contributed by atoms with Gasteiger partial charge in [-0.15, -0.1) is 0 Å². The first-order chi connectivity index (χ1) is 8.85. The van der Waals surface area contributed by atoms with Gasteiger partial charge in [-0.3, -0.25) is 9.59 Å². The van der Waals surface area contributed by atoms with E-state index in [1.165, 1.54) is 0 Å². The zero-order chi connectivity index (χ0) is 14.8. The van der Waals surface area contributed by atoms with Crippen LogP contribution in [-0.4, -0.2) is 31.4 Å². The Morgan fingerprint density at radius 1 is 1.00 bits per heavy atom. The lowest BCUT2D eigenvalue weighted by Crippen LogP contribution is -2.39. The van der Waals surface area contributed by atoms with E-state index >= 15 is 0 Å². The number of carbonyl (C=O) groups excluding carboxylic acids is 2. The summed E-state index contributed by atoms with van der Waals surface area (Å²) < 4.78 is 0. The number of nitrogens with two attached hydrogens (primary N) is 1. The van der Waals surface area contributed by atoms with Gasteiger partial charge < -0.3 is 16.4 Å². The highest BCUT2D eigenvalue weighted by Crippen LogP contribution is 2.13.